The van der Waals surface area contributed by atoms with Crippen LogP contribution in [0.1, 0.15) is 31.0 Å². The molecule has 18 heavy (non-hydrogen) atoms. The smallest absolute Gasteiger partial charge is 0.407 e. The number of fused-ring (bicyclic) bond motifs is 1. The van der Waals surface area contributed by atoms with Crippen LogP contribution in [0.15, 0.2) is 18.2 Å². The Labute approximate surface area is 104 Å². The van der Waals surface area contributed by atoms with Crippen LogP contribution in [0.5, 0.6) is 5.75 Å². The van der Waals surface area contributed by atoms with Gasteiger partial charge in [-0.05, 0) is 38.1 Å². The fourth-order valence-corrected chi connectivity index (χ4v) is 2.33. The van der Waals surface area contributed by atoms with Crippen molar-refractivity contribution in [1.82, 2.24) is 5.32 Å². The molecule has 1 heterocycles. The lowest BCUT2D eigenvalue weighted by molar-refractivity contribution is -0.156. The van der Waals surface area contributed by atoms with E-state index in [1.807, 2.05) is 13.8 Å². The van der Waals surface area contributed by atoms with Crippen molar-refractivity contribution in [3.05, 3.63) is 29.3 Å². The topological polar surface area (TPSA) is 21.3 Å². The third-order valence-electron chi connectivity index (χ3n) is 3.04. The van der Waals surface area contributed by atoms with E-state index in [9.17, 15) is 13.2 Å². The van der Waals surface area contributed by atoms with Gasteiger partial charge in [0, 0.05) is 6.42 Å². The molecule has 0 aromatic heterocycles. The van der Waals surface area contributed by atoms with Gasteiger partial charge in [-0.2, -0.15) is 13.2 Å². The standard InChI is InChI=1S/C13H16F3NO/c1-12(2)7-9-6-8(4-5-10(9)18-12)11(17-3)13(14,15)16/h4-6,11,17H,7H2,1-3H3. The van der Waals surface area contributed by atoms with E-state index >= 15 is 0 Å². The molecule has 2 rings (SSSR count). The molecule has 2 nitrogen and oxygen atoms in total. The summed E-state index contributed by atoms with van der Waals surface area (Å²) in [4.78, 5) is 0. The Kier molecular flexibility index (Phi) is 3.05. The number of nitrogens with one attached hydrogen (secondary N) is 1. The average molecular weight is 259 g/mol. The van der Waals surface area contributed by atoms with Crippen molar-refractivity contribution in [2.75, 3.05) is 7.05 Å². The van der Waals surface area contributed by atoms with Gasteiger partial charge in [-0.3, -0.25) is 0 Å². The fourth-order valence-electron chi connectivity index (χ4n) is 2.33. The highest BCUT2D eigenvalue weighted by Gasteiger charge is 2.40. The number of ether oxygens (including phenoxy) is 1. The number of rotatable bonds is 2. The molecule has 1 aliphatic rings. The van der Waals surface area contributed by atoms with E-state index in [1.54, 1.807) is 12.1 Å². The molecule has 0 radical (unpaired) electrons. The molecule has 100 valence electrons. The Bertz CT molecular complexity index is 454. The minimum atomic E-state index is -4.29. The average Bonchev–Trinajstić information content (AvgIpc) is 2.49. The molecule has 0 aliphatic carbocycles. The molecular weight excluding hydrogens is 243 g/mol. The summed E-state index contributed by atoms with van der Waals surface area (Å²) in [6, 6.07) is 3.04. The highest BCUT2D eigenvalue weighted by Crippen LogP contribution is 2.39. The van der Waals surface area contributed by atoms with E-state index in [-0.39, 0.29) is 11.2 Å². The molecular formula is C13H16F3NO. The second-order valence-corrected chi connectivity index (χ2v) is 5.17. The van der Waals surface area contributed by atoms with Crippen molar-refractivity contribution >= 4 is 0 Å². The van der Waals surface area contributed by atoms with Crippen LogP contribution in [0.3, 0.4) is 0 Å². The fraction of sp³-hybridized carbons (Fsp3) is 0.538. The summed E-state index contributed by atoms with van der Waals surface area (Å²) in [6.45, 7) is 3.85. The number of hydrogen-bond donors (Lipinski definition) is 1. The monoisotopic (exact) mass is 259 g/mol. The maximum Gasteiger partial charge on any atom is 0.407 e. The van der Waals surface area contributed by atoms with Crippen molar-refractivity contribution in [3.8, 4) is 5.75 Å². The predicted octanol–water partition coefficient (Wildman–Crippen LogP) is 3.22. The van der Waals surface area contributed by atoms with Crippen molar-refractivity contribution < 1.29 is 17.9 Å². The summed E-state index contributed by atoms with van der Waals surface area (Å²) in [5.74, 6) is 0.681. The molecule has 0 amide bonds. The largest absolute Gasteiger partial charge is 0.487 e. The van der Waals surface area contributed by atoms with E-state index in [0.717, 1.165) is 5.56 Å². The second kappa shape index (κ2) is 4.16. The van der Waals surface area contributed by atoms with Crippen molar-refractivity contribution in [1.29, 1.82) is 0 Å². The Morgan fingerprint density at radius 1 is 1.33 bits per heavy atom. The minimum Gasteiger partial charge on any atom is -0.487 e. The highest BCUT2D eigenvalue weighted by atomic mass is 19.4. The Morgan fingerprint density at radius 3 is 2.56 bits per heavy atom. The molecule has 0 saturated heterocycles. The van der Waals surface area contributed by atoms with Gasteiger partial charge >= 0.3 is 6.18 Å². The van der Waals surface area contributed by atoms with Gasteiger partial charge < -0.3 is 10.1 Å². The van der Waals surface area contributed by atoms with Gasteiger partial charge in [0.2, 0.25) is 0 Å². The highest BCUT2D eigenvalue weighted by molar-refractivity contribution is 5.43. The normalized spacial score (nSPS) is 19.2. The summed E-state index contributed by atoms with van der Waals surface area (Å²) >= 11 is 0. The number of alkyl halides is 3. The molecule has 0 spiro atoms. The summed E-state index contributed by atoms with van der Waals surface area (Å²) in [7, 11) is 1.31. The summed E-state index contributed by atoms with van der Waals surface area (Å²) in [5, 5.41) is 2.30. The lowest BCUT2D eigenvalue weighted by atomic mass is 9.98. The van der Waals surface area contributed by atoms with Gasteiger partial charge in [0.15, 0.2) is 0 Å². The molecule has 1 aliphatic heterocycles. The quantitative estimate of drug-likeness (QED) is 0.880. The van der Waals surface area contributed by atoms with Crippen LogP contribution in [-0.2, 0) is 6.42 Å². The minimum absolute atomic E-state index is 0.227. The zero-order valence-electron chi connectivity index (χ0n) is 10.6. The predicted molar refractivity (Wildman–Crippen MR) is 62.7 cm³/mol. The number of hydrogen-bond acceptors (Lipinski definition) is 2. The third-order valence-corrected chi connectivity index (χ3v) is 3.04. The molecule has 0 bridgehead atoms. The van der Waals surface area contributed by atoms with Crippen LogP contribution in [0.25, 0.3) is 0 Å². The third kappa shape index (κ3) is 2.46. The Balaban J connectivity index is 2.34. The van der Waals surface area contributed by atoms with E-state index < -0.39 is 12.2 Å². The molecule has 1 aromatic carbocycles. The zero-order valence-corrected chi connectivity index (χ0v) is 10.6. The van der Waals surface area contributed by atoms with Crippen molar-refractivity contribution in [2.24, 2.45) is 0 Å². The van der Waals surface area contributed by atoms with Crippen molar-refractivity contribution in [3.63, 3.8) is 0 Å². The van der Waals surface area contributed by atoms with Gasteiger partial charge in [0.25, 0.3) is 0 Å². The van der Waals surface area contributed by atoms with Crippen LogP contribution < -0.4 is 10.1 Å². The Morgan fingerprint density at radius 2 is 2.00 bits per heavy atom. The summed E-state index contributed by atoms with van der Waals surface area (Å²) in [6.07, 6.45) is -3.66. The Hall–Kier alpha value is -1.23. The van der Waals surface area contributed by atoms with E-state index in [0.29, 0.717) is 12.2 Å². The summed E-state index contributed by atoms with van der Waals surface area (Å²) < 4.78 is 44.1. The number of benzene rings is 1. The van der Waals surface area contributed by atoms with E-state index in [4.69, 9.17) is 4.74 Å². The first-order chi connectivity index (χ1) is 8.23. The SMILES string of the molecule is CNC(c1ccc2c(c1)CC(C)(C)O2)C(F)(F)F. The van der Waals surface area contributed by atoms with Crippen molar-refractivity contribution in [2.45, 2.75) is 38.1 Å². The van der Waals surface area contributed by atoms with Crippen LogP contribution in [0.4, 0.5) is 13.2 Å². The first kappa shape index (κ1) is 13.2. The lowest BCUT2D eigenvalue weighted by Gasteiger charge is -2.20. The van der Waals surface area contributed by atoms with E-state index in [1.165, 1.54) is 13.1 Å². The first-order valence-corrected chi connectivity index (χ1v) is 5.79. The van der Waals surface area contributed by atoms with Crippen LogP contribution in [0, 0.1) is 0 Å². The summed E-state index contributed by atoms with van der Waals surface area (Å²) in [5.41, 5.74) is 0.723. The van der Waals surface area contributed by atoms with Crippen LogP contribution in [-0.4, -0.2) is 18.8 Å². The van der Waals surface area contributed by atoms with Gasteiger partial charge in [0.1, 0.15) is 17.4 Å². The zero-order chi connectivity index (χ0) is 13.6. The number of halogens is 3. The molecule has 0 saturated carbocycles. The van der Waals surface area contributed by atoms with Gasteiger partial charge in [-0.15, -0.1) is 0 Å². The van der Waals surface area contributed by atoms with Gasteiger partial charge in [-0.25, -0.2) is 0 Å². The van der Waals surface area contributed by atoms with Gasteiger partial charge in [-0.1, -0.05) is 12.1 Å². The lowest BCUT2D eigenvalue weighted by Crippen LogP contribution is -2.31. The van der Waals surface area contributed by atoms with Crippen LogP contribution >= 0.6 is 0 Å². The van der Waals surface area contributed by atoms with E-state index in [2.05, 4.69) is 5.32 Å². The maximum absolute atomic E-state index is 12.8. The molecule has 1 aromatic rings. The molecule has 0 fully saturated rings. The molecule has 1 N–H and O–H groups in total. The second-order valence-electron chi connectivity index (χ2n) is 5.17. The maximum atomic E-state index is 12.8. The molecule has 1 atom stereocenters. The van der Waals surface area contributed by atoms with Gasteiger partial charge in [0.05, 0.1) is 0 Å². The van der Waals surface area contributed by atoms with Crippen LogP contribution in [0.2, 0.25) is 0 Å². The molecule has 1 unspecified atom stereocenters. The first-order valence-electron chi connectivity index (χ1n) is 5.79. The molecule has 5 heteroatoms.